The lowest BCUT2D eigenvalue weighted by Crippen LogP contribution is -2.30. The van der Waals surface area contributed by atoms with E-state index in [0.29, 0.717) is 11.3 Å². The van der Waals surface area contributed by atoms with Crippen LogP contribution >= 0.6 is 0 Å². The van der Waals surface area contributed by atoms with Crippen LogP contribution in [0.3, 0.4) is 0 Å². The lowest BCUT2D eigenvalue weighted by atomic mass is 9.98. The van der Waals surface area contributed by atoms with Gasteiger partial charge in [0.05, 0.1) is 24.3 Å². The number of hydrogen-bond acceptors (Lipinski definition) is 3. The lowest BCUT2D eigenvalue weighted by molar-refractivity contribution is -0.137. The first-order valence-electron chi connectivity index (χ1n) is 6.61. The number of amides is 1. The molecule has 110 valence electrons. The van der Waals surface area contributed by atoms with E-state index in [2.05, 4.69) is 5.32 Å². The number of rotatable bonds is 5. The molecule has 2 N–H and O–H groups in total. The van der Waals surface area contributed by atoms with Gasteiger partial charge in [0, 0.05) is 0 Å². The van der Waals surface area contributed by atoms with Crippen LogP contribution in [0.4, 0.5) is 0 Å². The number of carbonyl (C=O) groups is 2. The molecule has 0 saturated carbocycles. The van der Waals surface area contributed by atoms with Crippen LogP contribution in [-0.4, -0.2) is 17.0 Å². The Morgan fingerprint density at radius 3 is 2.52 bits per heavy atom. The van der Waals surface area contributed by atoms with Crippen molar-refractivity contribution in [1.29, 1.82) is 0 Å². The smallest absolute Gasteiger partial charge is 0.305 e. The number of furan rings is 1. The molecule has 2 rings (SSSR count). The fraction of sp³-hybridized carbons (Fsp3) is 0.250. The molecule has 5 nitrogen and oxygen atoms in total. The quantitative estimate of drug-likeness (QED) is 0.886. The monoisotopic (exact) mass is 287 g/mol. The normalized spacial score (nSPS) is 11.9. The van der Waals surface area contributed by atoms with Gasteiger partial charge >= 0.3 is 5.97 Å². The highest BCUT2D eigenvalue weighted by molar-refractivity contribution is 5.95. The molecule has 0 aliphatic heterocycles. The minimum Gasteiger partial charge on any atom is -0.481 e. The Morgan fingerprint density at radius 1 is 1.24 bits per heavy atom. The summed E-state index contributed by atoms with van der Waals surface area (Å²) in [6.07, 6.45) is 1.26. The van der Waals surface area contributed by atoms with Crippen molar-refractivity contribution in [2.24, 2.45) is 0 Å². The van der Waals surface area contributed by atoms with Gasteiger partial charge in [-0.15, -0.1) is 0 Å². The van der Waals surface area contributed by atoms with Crippen LogP contribution in [0, 0.1) is 13.8 Å². The molecule has 5 heteroatoms. The van der Waals surface area contributed by atoms with Crippen molar-refractivity contribution in [3.05, 3.63) is 59.0 Å². The molecule has 0 saturated heterocycles. The van der Waals surface area contributed by atoms with E-state index < -0.39 is 12.0 Å². The number of nitrogens with one attached hydrogen (secondary N) is 1. The predicted octanol–water partition coefficient (Wildman–Crippen LogP) is 2.84. The van der Waals surface area contributed by atoms with Gasteiger partial charge < -0.3 is 14.8 Å². The molecule has 1 atom stereocenters. The van der Waals surface area contributed by atoms with E-state index in [1.807, 2.05) is 31.2 Å². The Hall–Kier alpha value is -2.56. The van der Waals surface area contributed by atoms with Gasteiger partial charge in [0.15, 0.2) is 0 Å². The molecule has 0 aliphatic carbocycles. The highest BCUT2D eigenvalue weighted by atomic mass is 16.4. The maximum atomic E-state index is 12.2. The number of carbonyl (C=O) groups excluding carboxylic acids is 1. The lowest BCUT2D eigenvalue weighted by Gasteiger charge is -2.19. The minimum atomic E-state index is -0.965. The Kier molecular flexibility index (Phi) is 4.42. The Morgan fingerprint density at radius 2 is 1.95 bits per heavy atom. The van der Waals surface area contributed by atoms with Crippen molar-refractivity contribution in [1.82, 2.24) is 5.32 Å². The first-order valence-corrected chi connectivity index (χ1v) is 6.61. The van der Waals surface area contributed by atoms with Gasteiger partial charge in [-0.25, -0.2) is 0 Å². The topological polar surface area (TPSA) is 79.5 Å². The summed E-state index contributed by atoms with van der Waals surface area (Å²) in [5, 5.41) is 11.8. The second-order valence-corrected chi connectivity index (χ2v) is 4.87. The standard InChI is InChI=1S/C16H17NO4/c1-10-5-3-4-6-12(10)14(9-15(18)19)17-16(20)13-7-8-21-11(13)2/h3-8,14H,9H2,1-2H3,(H,17,20)(H,18,19). The molecule has 1 unspecified atom stereocenters. The molecule has 0 radical (unpaired) electrons. The number of carboxylic acid groups (broad SMARTS) is 1. The highest BCUT2D eigenvalue weighted by Gasteiger charge is 2.21. The van der Waals surface area contributed by atoms with Crippen LogP contribution in [-0.2, 0) is 4.79 Å². The van der Waals surface area contributed by atoms with Crippen molar-refractivity contribution >= 4 is 11.9 Å². The molecule has 0 spiro atoms. The summed E-state index contributed by atoms with van der Waals surface area (Å²) < 4.78 is 5.10. The Labute approximate surface area is 122 Å². The molecule has 1 aromatic heterocycles. The maximum Gasteiger partial charge on any atom is 0.305 e. The van der Waals surface area contributed by atoms with Gasteiger partial charge in [-0.1, -0.05) is 24.3 Å². The van der Waals surface area contributed by atoms with Crippen LogP contribution in [0.15, 0.2) is 41.0 Å². The van der Waals surface area contributed by atoms with Crippen LogP contribution < -0.4 is 5.32 Å². The van der Waals surface area contributed by atoms with Gasteiger partial charge in [-0.3, -0.25) is 9.59 Å². The van der Waals surface area contributed by atoms with Crippen molar-refractivity contribution in [2.75, 3.05) is 0 Å². The third kappa shape index (κ3) is 3.51. The fourth-order valence-corrected chi connectivity index (χ4v) is 2.25. The zero-order valence-electron chi connectivity index (χ0n) is 11.9. The van der Waals surface area contributed by atoms with E-state index in [4.69, 9.17) is 9.52 Å². The number of benzene rings is 1. The minimum absolute atomic E-state index is 0.173. The SMILES string of the molecule is Cc1ccccc1C(CC(=O)O)NC(=O)c1ccoc1C. The largest absolute Gasteiger partial charge is 0.481 e. The fourth-order valence-electron chi connectivity index (χ4n) is 2.25. The Balaban J connectivity index is 2.25. The number of carboxylic acids is 1. The van der Waals surface area contributed by atoms with E-state index in [1.54, 1.807) is 13.0 Å². The van der Waals surface area contributed by atoms with Crippen molar-refractivity contribution < 1.29 is 19.1 Å². The average Bonchev–Trinajstić information content (AvgIpc) is 2.84. The molecule has 0 bridgehead atoms. The second-order valence-electron chi connectivity index (χ2n) is 4.87. The summed E-state index contributed by atoms with van der Waals surface area (Å²) in [6.45, 7) is 3.58. The molecule has 0 fully saturated rings. The molecule has 1 aromatic carbocycles. The zero-order chi connectivity index (χ0) is 15.4. The molecule has 1 heterocycles. The van der Waals surface area contributed by atoms with E-state index in [-0.39, 0.29) is 12.3 Å². The van der Waals surface area contributed by atoms with Crippen LogP contribution in [0.5, 0.6) is 0 Å². The molecule has 2 aromatic rings. The molecular formula is C16H17NO4. The van der Waals surface area contributed by atoms with Crippen molar-refractivity contribution in [2.45, 2.75) is 26.3 Å². The first-order chi connectivity index (χ1) is 9.99. The average molecular weight is 287 g/mol. The van der Waals surface area contributed by atoms with Gasteiger partial charge in [0.1, 0.15) is 5.76 Å². The number of aryl methyl sites for hydroxylation is 2. The zero-order valence-corrected chi connectivity index (χ0v) is 11.9. The highest BCUT2D eigenvalue weighted by Crippen LogP contribution is 2.22. The molecule has 21 heavy (non-hydrogen) atoms. The summed E-state index contributed by atoms with van der Waals surface area (Å²) in [5.41, 5.74) is 2.15. The van der Waals surface area contributed by atoms with Crippen LogP contribution in [0.2, 0.25) is 0 Å². The third-order valence-corrected chi connectivity index (χ3v) is 3.35. The van der Waals surface area contributed by atoms with E-state index >= 15 is 0 Å². The van der Waals surface area contributed by atoms with Crippen molar-refractivity contribution in [3.8, 4) is 0 Å². The summed E-state index contributed by atoms with van der Waals surface area (Å²) in [5.74, 6) is -0.797. The van der Waals surface area contributed by atoms with Gasteiger partial charge in [-0.2, -0.15) is 0 Å². The third-order valence-electron chi connectivity index (χ3n) is 3.35. The van der Waals surface area contributed by atoms with Gasteiger partial charge in [0.25, 0.3) is 5.91 Å². The maximum absolute atomic E-state index is 12.2. The van der Waals surface area contributed by atoms with E-state index in [0.717, 1.165) is 11.1 Å². The predicted molar refractivity (Wildman–Crippen MR) is 77.1 cm³/mol. The molecule has 1 amide bonds. The molecular weight excluding hydrogens is 270 g/mol. The van der Waals surface area contributed by atoms with E-state index in [1.165, 1.54) is 6.26 Å². The number of aliphatic carboxylic acids is 1. The summed E-state index contributed by atoms with van der Waals surface area (Å²) in [4.78, 5) is 23.3. The van der Waals surface area contributed by atoms with Crippen LogP contribution in [0.1, 0.15) is 39.7 Å². The first kappa shape index (κ1) is 14.8. The molecule has 0 aliphatic rings. The summed E-state index contributed by atoms with van der Waals surface area (Å²) in [6, 6.07) is 8.40. The Bertz CT molecular complexity index is 660. The van der Waals surface area contributed by atoms with Crippen molar-refractivity contribution in [3.63, 3.8) is 0 Å². The van der Waals surface area contributed by atoms with E-state index in [9.17, 15) is 9.59 Å². The van der Waals surface area contributed by atoms with Gasteiger partial charge in [0.2, 0.25) is 0 Å². The summed E-state index contributed by atoms with van der Waals surface area (Å²) >= 11 is 0. The number of hydrogen-bond donors (Lipinski definition) is 2. The second kappa shape index (κ2) is 6.26. The van der Waals surface area contributed by atoms with Gasteiger partial charge in [-0.05, 0) is 31.0 Å². The summed E-state index contributed by atoms with van der Waals surface area (Å²) in [7, 11) is 0. The van der Waals surface area contributed by atoms with Crippen LogP contribution in [0.25, 0.3) is 0 Å².